The maximum absolute atomic E-state index is 13.3. The summed E-state index contributed by atoms with van der Waals surface area (Å²) in [5, 5.41) is 11.9. The van der Waals surface area contributed by atoms with Crippen molar-refractivity contribution >= 4 is 46.3 Å². The van der Waals surface area contributed by atoms with Gasteiger partial charge < -0.3 is 14.6 Å². The molecule has 1 amide bonds. The number of benzene rings is 3. The van der Waals surface area contributed by atoms with E-state index in [-0.39, 0.29) is 21.9 Å². The van der Waals surface area contributed by atoms with Crippen molar-refractivity contribution in [1.29, 1.82) is 0 Å². The molecule has 0 bridgehead atoms. The molecule has 0 radical (unpaired) electrons. The first-order valence-corrected chi connectivity index (χ1v) is 11.1. The van der Waals surface area contributed by atoms with Crippen LogP contribution in [-0.4, -0.2) is 31.0 Å². The third-order valence-electron chi connectivity index (χ3n) is 5.77. The summed E-state index contributed by atoms with van der Waals surface area (Å²) in [6.45, 7) is 1.87. The summed E-state index contributed by atoms with van der Waals surface area (Å²) in [6, 6.07) is 15.9. The molecule has 1 fully saturated rings. The molecule has 1 saturated heterocycles. The van der Waals surface area contributed by atoms with E-state index in [1.165, 1.54) is 25.2 Å². The van der Waals surface area contributed by atoms with Crippen molar-refractivity contribution in [2.45, 2.75) is 13.0 Å². The average Bonchev–Trinajstić information content (AvgIpc) is 3.10. The van der Waals surface area contributed by atoms with Crippen molar-refractivity contribution in [2.24, 2.45) is 0 Å². The fourth-order valence-corrected chi connectivity index (χ4v) is 4.35. The number of ether oxygens (including phenoxy) is 2. The van der Waals surface area contributed by atoms with Crippen LogP contribution in [0.25, 0.3) is 5.76 Å². The predicted octanol–water partition coefficient (Wildman–Crippen LogP) is 5.95. The van der Waals surface area contributed by atoms with Crippen LogP contribution in [0.15, 0.2) is 66.2 Å². The van der Waals surface area contributed by atoms with Gasteiger partial charge in [0.05, 0.1) is 41.4 Å². The Morgan fingerprint density at radius 1 is 0.941 bits per heavy atom. The number of halogens is 2. The van der Waals surface area contributed by atoms with E-state index in [1.54, 1.807) is 30.3 Å². The molecular formula is C26H21Cl2NO5. The molecule has 4 rings (SSSR count). The third-order valence-corrected chi connectivity index (χ3v) is 6.51. The first-order valence-electron chi connectivity index (χ1n) is 10.3. The third kappa shape index (κ3) is 4.00. The molecule has 8 heteroatoms. The Morgan fingerprint density at radius 2 is 1.68 bits per heavy atom. The summed E-state index contributed by atoms with van der Waals surface area (Å²) in [5.41, 5.74) is 2.10. The lowest BCUT2D eigenvalue weighted by Gasteiger charge is -2.27. The number of amides is 1. The Labute approximate surface area is 206 Å². The van der Waals surface area contributed by atoms with Gasteiger partial charge >= 0.3 is 0 Å². The van der Waals surface area contributed by atoms with E-state index in [1.807, 2.05) is 31.2 Å². The highest BCUT2D eigenvalue weighted by atomic mass is 35.5. The molecule has 3 aromatic carbocycles. The van der Waals surface area contributed by atoms with Gasteiger partial charge in [0.2, 0.25) is 0 Å². The molecule has 0 aliphatic carbocycles. The lowest BCUT2D eigenvalue weighted by atomic mass is 9.92. The molecule has 0 aromatic heterocycles. The zero-order valence-corrected chi connectivity index (χ0v) is 20.1. The van der Waals surface area contributed by atoms with Crippen LogP contribution in [0.4, 0.5) is 5.69 Å². The maximum Gasteiger partial charge on any atom is 0.300 e. The number of hydrogen-bond acceptors (Lipinski definition) is 5. The largest absolute Gasteiger partial charge is 0.507 e. The number of hydrogen-bond donors (Lipinski definition) is 1. The van der Waals surface area contributed by atoms with Crippen molar-refractivity contribution in [3.05, 3.63) is 93.0 Å². The van der Waals surface area contributed by atoms with E-state index in [9.17, 15) is 14.7 Å². The summed E-state index contributed by atoms with van der Waals surface area (Å²) in [7, 11) is 2.95. The number of aliphatic hydroxyl groups is 1. The lowest BCUT2D eigenvalue weighted by Crippen LogP contribution is -2.29. The number of aryl methyl sites for hydroxylation is 1. The van der Waals surface area contributed by atoms with E-state index in [0.29, 0.717) is 27.8 Å². The average molecular weight is 498 g/mol. The molecule has 1 aliphatic heterocycles. The van der Waals surface area contributed by atoms with Gasteiger partial charge in [-0.2, -0.15) is 0 Å². The van der Waals surface area contributed by atoms with Crippen LogP contribution >= 0.6 is 23.2 Å². The minimum atomic E-state index is -0.898. The number of carbonyl (C=O) groups excluding carboxylic acids is 2. The van der Waals surface area contributed by atoms with Crippen molar-refractivity contribution in [3.63, 3.8) is 0 Å². The van der Waals surface area contributed by atoms with Gasteiger partial charge in [-0.25, -0.2) is 0 Å². The predicted molar refractivity (Wildman–Crippen MR) is 132 cm³/mol. The van der Waals surface area contributed by atoms with Gasteiger partial charge in [0.15, 0.2) is 0 Å². The molecule has 3 aromatic rings. The summed E-state index contributed by atoms with van der Waals surface area (Å²) in [4.78, 5) is 28.0. The molecular weight excluding hydrogens is 477 g/mol. The fourth-order valence-electron chi connectivity index (χ4n) is 4.06. The van der Waals surface area contributed by atoms with Crippen LogP contribution in [-0.2, 0) is 9.59 Å². The van der Waals surface area contributed by atoms with Gasteiger partial charge in [-0.1, -0.05) is 47.5 Å². The number of anilines is 1. The minimum absolute atomic E-state index is 0.0613. The highest BCUT2D eigenvalue weighted by Gasteiger charge is 2.47. The van der Waals surface area contributed by atoms with E-state index in [0.717, 1.165) is 5.56 Å². The van der Waals surface area contributed by atoms with Gasteiger partial charge in [-0.15, -0.1) is 0 Å². The van der Waals surface area contributed by atoms with E-state index in [4.69, 9.17) is 32.7 Å². The standard InChI is InChI=1S/C26H21Cl2NO5/c1-14-6-4-5-7-17(14)23-22(24(30)18-10-9-16(33-2)13-21(18)34-3)25(31)26(32)29(23)15-8-11-19(27)20(28)12-15/h4-13,23,30H,1-3H3/b24-22+. The molecule has 1 aliphatic rings. The van der Waals surface area contributed by atoms with E-state index >= 15 is 0 Å². The van der Waals surface area contributed by atoms with Crippen molar-refractivity contribution in [2.75, 3.05) is 19.1 Å². The van der Waals surface area contributed by atoms with Crippen molar-refractivity contribution in [3.8, 4) is 11.5 Å². The molecule has 0 saturated carbocycles. The molecule has 1 N–H and O–H groups in total. The second-order valence-corrected chi connectivity index (χ2v) is 8.50. The van der Waals surface area contributed by atoms with Gasteiger partial charge in [0.25, 0.3) is 11.7 Å². The second-order valence-electron chi connectivity index (χ2n) is 7.69. The van der Waals surface area contributed by atoms with Crippen LogP contribution in [0, 0.1) is 6.92 Å². The van der Waals surface area contributed by atoms with Crippen LogP contribution in [0.2, 0.25) is 10.0 Å². The summed E-state index contributed by atoms with van der Waals surface area (Å²) in [5.74, 6) is -1.16. The van der Waals surface area contributed by atoms with E-state index < -0.39 is 17.7 Å². The molecule has 34 heavy (non-hydrogen) atoms. The zero-order chi connectivity index (χ0) is 24.6. The SMILES string of the molecule is COc1ccc(/C(O)=C2\C(=O)C(=O)N(c3ccc(Cl)c(Cl)c3)C2c2ccccc2C)c(OC)c1. The monoisotopic (exact) mass is 497 g/mol. The second kappa shape index (κ2) is 9.41. The molecule has 0 spiro atoms. The Bertz CT molecular complexity index is 1330. The molecule has 6 nitrogen and oxygen atoms in total. The molecule has 1 atom stereocenters. The highest BCUT2D eigenvalue weighted by Crippen LogP contribution is 2.45. The van der Waals surface area contributed by atoms with Crippen LogP contribution in [0.5, 0.6) is 11.5 Å². The zero-order valence-electron chi connectivity index (χ0n) is 18.6. The number of rotatable bonds is 5. The Hall–Kier alpha value is -3.48. The minimum Gasteiger partial charge on any atom is -0.507 e. The number of nitrogens with zero attached hydrogens (tertiary/aromatic N) is 1. The summed E-state index contributed by atoms with van der Waals surface area (Å²) in [6.07, 6.45) is 0. The highest BCUT2D eigenvalue weighted by molar-refractivity contribution is 6.52. The quantitative estimate of drug-likeness (QED) is 0.268. The van der Waals surface area contributed by atoms with E-state index in [2.05, 4.69) is 0 Å². The number of methoxy groups -OCH3 is 2. The Kier molecular flexibility index (Phi) is 6.55. The van der Waals surface area contributed by atoms with Gasteiger partial charge in [-0.3, -0.25) is 14.5 Å². The Balaban J connectivity index is 1.99. The van der Waals surface area contributed by atoms with Crippen LogP contribution in [0.1, 0.15) is 22.7 Å². The number of carbonyl (C=O) groups is 2. The number of aliphatic hydroxyl groups excluding tert-OH is 1. The first kappa shape index (κ1) is 23.7. The van der Waals surface area contributed by atoms with Crippen molar-refractivity contribution < 1.29 is 24.2 Å². The van der Waals surface area contributed by atoms with Gasteiger partial charge in [0.1, 0.15) is 17.3 Å². The first-order chi connectivity index (χ1) is 16.3. The summed E-state index contributed by atoms with van der Waals surface area (Å²) >= 11 is 12.3. The topological polar surface area (TPSA) is 76.1 Å². The molecule has 1 heterocycles. The van der Waals surface area contributed by atoms with Crippen LogP contribution in [0.3, 0.4) is 0 Å². The molecule has 1 unspecified atom stereocenters. The van der Waals surface area contributed by atoms with Crippen LogP contribution < -0.4 is 14.4 Å². The van der Waals surface area contributed by atoms with Gasteiger partial charge in [0, 0.05) is 11.8 Å². The maximum atomic E-state index is 13.3. The molecule has 174 valence electrons. The summed E-state index contributed by atoms with van der Waals surface area (Å²) < 4.78 is 10.6. The smallest absolute Gasteiger partial charge is 0.300 e. The van der Waals surface area contributed by atoms with Gasteiger partial charge in [-0.05, 0) is 48.4 Å². The fraction of sp³-hybridized carbons (Fsp3) is 0.154. The lowest BCUT2D eigenvalue weighted by molar-refractivity contribution is -0.132. The number of ketones is 1. The normalized spacial score (nSPS) is 17.2. The number of Topliss-reactive ketones (excluding diaryl/α,β-unsaturated/α-hetero) is 1. The van der Waals surface area contributed by atoms with Crippen molar-refractivity contribution in [1.82, 2.24) is 0 Å². The Morgan fingerprint density at radius 3 is 2.32 bits per heavy atom.